The van der Waals surface area contributed by atoms with Gasteiger partial charge < -0.3 is 10.0 Å². The predicted molar refractivity (Wildman–Crippen MR) is 75.5 cm³/mol. The van der Waals surface area contributed by atoms with Crippen LogP contribution in [0.25, 0.3) is 0 Å². The van der Waals surface area contributed by atoms with Crippen molar-refractivity contribution in [3.05, 3.63) is 0 Å². The average molecular weight is 257 g/mol. The van der Waals surface area contributed by atoms with Crippen molar-refractivity contribution >= 4 is 11.8 Å². The van der Waals surface area contributed by atoms with Crippen molar-refractivity contribution in [2.24, 2.45) is 11.8 Å². The zero-order chi connectivity index (χ0) is 12.1. The van der Waals surface area contributed by atoms with Gasteiger partial charge in [-0.15, -0.1) is 0 Å². The summed E-state index contributed by atoms with van der Waals surface area (Å²) < 4.78 is 0. The van der Waals surface area contributed by atoms with Crippen LogP contribution in [0.3, 0.4) is 0 Å². The lowest BCUT2D eigenvalue weighted by Crippen LogP contribution is -2.21. The van der Waals surface area contributed by atoms with Gasteiger partial charge in [-0.2, -0.15) is 11.8 Å². The molecule has 17 heavy (non-hydrogen) atoms. The maximum Gasteiger partial charge on any atom is 0.0715 e. The van der Waals surface area contributed by atoms with Gasteiger partial charge in [0.1, 0.15) is 0 Å². The molecule has 1 N–H and O–H groups in total. The summed E-state index contributed by atoms with van der Waals surface area (Å²) in [6, 6.07) is 0. The Balaban J connectivity index is 1.61. The quantitative estimate of drug-likeness (QED) is 0.819. The number of β-amino-alcohol motifs (C(OH)–C–C–N with tert-alkyl or cyclic N) is 1. The summed E-state index contributed by atoms with van der Waals surface area (Å²) in [4.78, 5) is 2.37. The molecule has 0 aromatic heterocycles. The van der Waals surface area contributed by atoms with Gasteiger partial charge in [-0.25, -0.2) is 0 Å². The number of hydrogen-bond acceptors (Lipinski definition) is 3. The number of aliphatic hydroxyl groups is 1. The van der Waals surface area contributed by atoms with E-state index in [2.05, 4.69) is 23.6 Å². The Labute approximate surface area is 110 Å². The first-order chi connectivity index (χ1) is 8.29. The Morgan fingerprint density at radius 1 is 1.12 bits per heavy atom. The summed E-state index contributed by atoms with van der Waals surface area (Å²) >= 11 is 2.09. The Kier molecular flexibility index (Phi) is 5.64. The molecule has 0 aromatic carbocycles. The lowest BCUT2D eigenvalue weighted by molar-refractivity contribution is 0.150. The molecular weight excluding hydrogens is 230 g/mol. The third-order valence-corrected chi connectivity index (χ3v) is 5.71. The highest BCUT2D eigenvalue weighted by molar-refractivity contribution is 7.99. The maximum absolute atomic E-state index is 9.97. The molecule has 1 saturated carbocycles. The number of hydrogen-bond donors (Lipinski definition) is 1. The van der Waals surface area contributed by atoms with Gasteiger partial charge >= 0.3 is 0 Å². The lowest BCUT2D eigenvalue weighted by Gasteiger charge is -2.22. The molecule has 1 aliphatic carbocycles. The molecule has 0 bridgehead atoms. The summed E-state index contributed by atoms with van der Waals surface area (Å²) in [6.07, 6.45) is 7.16. The minimum absolute atomic E-state index is 0.0752. The highest BCUT2D eigenvalue weighted by Crippen LogP contribution is 2.28. The fourth-order valence-corrected chi connectivity index (χ4v) is 4.54. The van der Waals surface area contributed by atoms with E-state index in [9.17, 15) is 5.11 Å². The van der Waals surface area contributed by atoms with Crippen LogP contribution in [-0.4, -0.2) is 47.3 Å². The van der Waals surface area contributed by atoms with E-state index in [-0.39, 0.29) is 6.10 Å². The van der Waals surface area contributed by atoms with E-state index in [1.807, 2.05) is 0 Å². The second-order valence-electron chi connectivity index (χ2n) is 5.72. The first-order valence-electron chi connectivity index (χ1n) is 7.27. The van der Waals surface area contributed by atoms with Crippen molar-refractivity contribution < 1.29 is 5.11 Å². The van der Waals surface area contributed by atoms with Crippen LogP contribution in [0.2, 0.25) is 0 Å². The Hall–Kier alpha value is 0.270. The Bertz CT molecular complexity index is 218. The van der Waals surface area contributed by atoms with Crippen LogP contribution in [0.1, 0.15) is 39.0 Å². The third-order valence-electron chi connectivity index (χ3n) is 4.34. The molecule has 2 rings (SSSR count). The minimum Gasteiger partial charge on any atom is -0.391 e. The average Bonchev–Trinajstić information content (AvgIpc) is 2.72. The molecule has 1 heterocycles. The molecule has 2 nitrogen and oxygen atoms in total. The van der Waals surface area contributed by atoms with Crippen molar-refractivity contribution in [1.29, 1.82) is 0 Å². The standard InChI is InChI=1S/C14H27NOS/c1-2-15-8-13(14(16)9-15)11-17-10-12-6-4-3-5-7-12/h12-14,16H,2-11H2,1H3/t13-,14+/m0/s1. The second-order valence-corrected chi connectivity index (χ2v) is 6.80. The predicted octanol–water partition coefficient (Wildman–Crippen LogP) is 2.61. The second kappa shape index (κ2) is 7.01. The molecular formula is C14H27NOS. The third kappa shape index (κ3) is 4.15. The molecule has 3 heteroatoms. The fourth-order valence-electron chi connectivity index (χ4n) is 3.10. The molecule has 0 radical (unpaired) electrons. The van der Waals surface area contributed by atoms with E-state index in [0.29, 0.717) is 5.92 Å². The monoisotopic (exact) mass is 257 g/mol. The summed E-state index contributed by atoms with van der Waals surface area (Å²) in [6.45, 7) is 5.27. The molecule has 2 fully saturated rings. The van der Waals surface area contributed by atoms with Crippen LogP contribution in [0.15, 0.2) is 0 Å². The molecule has 2 atom stereocenters. The van der Waals surface area contributed by atoms with Crippen LogP contribution in [0.4, 0.5) is 0 Å². The summed E-state index contributed by atoms with van der Waals surface area (Å²) in [5.41, 5.74) is 0. The normalized spacial score (nSPS) is 32.1. The van der Waals surface area contributed by atoms with Crippen molar-refractivity contribution in [2.45, 2.75) is 45.1 Å². The van der Waals surface area contributed by atoms with Gasteiger partial charge in [0.25, 0.3) is 0 Å². The van der Waals surface area contributed by atoms with Crippen LogP contribution < -0.4 is 0 Å². The van der Waals surface area contributed by atoms with Gasteiger partial charge in [0.15, 0.2) is 0 Å². The first-order valence-corrected chi connectivity index (χ1v) is 8.43. The van der Waals surface area contributed by atoms with Crippen molar-refractivity contribution in [3.63, 3.8) is 0 Å². The molecule has 1 aliphatic heterocycles. The molecule has 0 amide bonds. The van der Waals surface area contributed by atoms with E-state index in [1.165, 1.54) is 37.9 Å². The molecule has 1 saturated heterocycles. The summed E-state index contributed by atoms with van der Waals surface area (Å²) in [5, 5.41) is 9.97. The number of likely N-dealkylation sites (tertiary alicyclic amines) is 1. The van der Waals surface area contributed by atoms with Crippen LogP contribution in [0, 0.1) is 11.8 Å². The lowest BCUT2D eigenvalue weighted by atomic mass is 9.91. The number of aliphatic hydroxyl groups excluding tert-OH is 1. The molecule has 0 unspecified atom stereocenters. The van der Waals surface area contributed by atoms with E-state index < -0.39 is 0 Å². The van der Waals surface area contributed by atoms with E-state index in [4.69, 9.17) is 0 Å². The SMILES string of the molecule is CCN1C[C@@H](CSCC2CCCCC2)[C@H](O)C1. The molecule has 0 spiro atoms. The smallest absolute Gasteiger partial charge is 0.0715 e. The van der Waals surface area contributed by atoms with Gasteiger partial charge in [0.05, 0.1) is 6.10 Å². The first kappa shape index (κ1) is 13.7. The van der Waals surface area contributed by atoms with E-state index in [1.54, 1.807) is 0 Å². The highest BCUT2D eigenvalue weighted by Gasteiger charge is 2.30. The van der Waals surface area contributed by atoms with Crippen molar-refractivity contribution in [2.75, 3.05) is 31.1 Å². The minimum atomic E-state index is -0.0752. The van der Waals surface area contributed by atoms with Crippen molar-refractivity contribution in [1.82, 2.24) is 4.90 Å². The zero-order valence-electron chi connectivity index (χ0n) is 11.1. The molecule has 100 valence electrons. The number of nitrogens with zero attached hydrogens (tertiary/aromatic N) is 1. The number of rotatable bonds is 5. The van der Waals surface area contributed by atoms with E-state index >= 15 is 0 Å². The summed E-state index contributed by atoms with van der Waals surface area (Å²) in [5.74, 6) is 3.97. The fraction of sp³-hybridized carbons (Fsp3) is 1.00. The van der Waals surface area contributed by atoms with Gasteiger partial charge in [-0.3, -0.25) is 0 Å². The zero-order valence-corrected chi connectivity index (χ0v) is 11.9. The molecule has 0 aromatic rings. The Morgan fingerprint density at radius 2 is 1.88 bits per heavy atom. The van der Waals surface area contributed by atoms with Crippen molar-refractivity contribution in [3.8, 4) is 0 Å². The highest BCUT2D eigenvalue weighted by atomic mass is 32.2. The largest absolute Gasteiger partial charge is 0.391 e. The van der Waals surface area contributed by atoms with Gasteiger partial charge in [-0.05, 0) is 36.8 Å². The van der Waals surface area contributed by atoms with E-state index in [0.717, 1.165) is 31.3 Å². The van der Waals surface area contributed by atoms with Crippen LogP contribution >= 0.6 is 11.8 Å². The van der Waals surface area contributed by atoms with Crippen LogP contribution in [-0.2, 0) is 0 Å². The Morgan fingerprint density at radius 3 is 2.53 bits per heavy atom. The van der Waals surface area contributed by atoms with Gasteiger partial charge in [-0.1, -0.05) is 26.2 Å². The number of likely N-dealkylation sites (N-methyl/N-ethyl adjacent to an activating group) is 1. The topological polar surface area (TPSA) is 23.5 Å². The van der Waals surface area contributed by atoms with Gasteiger partial charge in [0.2, 0.25) is 0 Å². The van der Waals surface area contributed by atoms with Crippen LogP contribution in [0.5, 0.6) is 0 Å². The number of thioether (sulfide) groups is 1. The van der Waals surface area contributed by atoms with Gasteiger partial charge in [0, 0.05) is 19.0 Å². The summed E-state index contributed by atoms with van der Waals surface area (Å²) in [7, 11) is 0. The maximum atomic E-state index is 9.97. The molecule has 2 aliphatic rings.